The molecule has 1 amide bonds. The van der Waals surface area contributed by atoms with Gasteiger partial charge in [0.15, 0.2) is 0 Å². The van der Waals surface area contributed by atoms with Crippen molar-refractivity contribution < 1.29 is 9.21 Å². The summed E-state index contributed by atoms with van der Waals surface area (Å²) in [5.41, 5.74) is 2.44. The molecule has 0 unspecified atom stereocenters. The minimum absolute atomic E-state index is 0.100. The molecule has 1 aromatic heterocycles. The average Bonchev–Trinajstić information content (AvgIpc) is 2.78. The van der Waals surface area contributed by atoms with Crippen LogP contribution in [0.15, 0.2) is 75.9 Å². The van der Waals surface area contributed by atoms with Crippen molar-refractivity contribution in [3.8, 4) is 0 Å². The largest absolute Gasteiger partial charge is 0.422 e. The third-order valence-electron chi connectivity index (χ3n) is 5.90. The summed E-state index contributed by atoms with van der Waals surface area (Å²) >= 11 is 0. The van der Waals surface area contributed by atoms with Gasteiger partial charge in [-0.05, 0) is 41.5 Å². The van der Waals surface area contributed by atoms with Crippen LogP contribution in [0.1, 0.15) is 15.9 Å². The average molecular weight is 398 g/mol. The summed E-state index contributed by atoms with van der Waals surface area (Å²) in [7, 11) is 0. The van der Waals surface area contributed by atoms with Crippen molar-refractivity contribution in [1.82, 2.24) is 4.90 Å². The Morgan fingerprint density at radius 3 is 2.40 bits per heavy atom. The summed E-state index contributed by atoms with van der Waals surface area (Å²) in [6.07, 6.45) is 0. The summed E-state index contributed by atoms with van der Waals surface area (Å²) in [5.74, 6) is -0.261. The molecule has 150 valence electrons. The number of benzene rings is 3. The molecule has 0 saturated carbocycles. The highest BCUT2D eigenvalue weighted by Gasteiger charge is 2.25. The number of amides is 1. The van der Waals surface area contributed by atoms with Gasteiger partial charge in [-0.3, -0.25) is 4.79 Å². The number of hydrogen-bond acceptors (Lipinski definition) is 4. The number of nitrogens with zero attached hydrogens (tertiary/aromatic N) is 2. The predicted octanol–water partition coefficient (Wildman–Crippen LogP) is 4.22. The molecule has 4 aromatic rings. The third-order valence-corrected chi connectivity index (χ3v) is 5.90. The van der Waals surface area contributed by atoms with Crippen molar-refractivity contribution in [3.05, 3.63) is 88.3 Å². The third kappa shape index (κ3) is 3.12. The van der Waals surface area contributed by atoms with Crippen LogP contribution in [0.25, 0.3) is 21.7 Å². The molecule has 2 heterocycles. The van der Waals surface area contributed by atoms with Gasteiger partial charge in [0.25, 0.3) is 5.91 Å². The summed E-state index contributed by atoms with van der Waals surface area (Å²) in [6.45, 7) is 4.70. The number of hydrogen-bond donors (Lipinski definition) is 0. The van der Waals surface area contributed by atoms with Gasteiger partial charge >= 0.3 is 5.63 Å². The van der Waals surface area contributed by atoms with Crippen LogP contribution in [-0.2, 0) is 0 Å². The summed E-state index contributed by atoms with van der Waals surface area (Å²) < 4.78 is 5.51. The molecule has 0 aliphatic carbocycles. The van der Waals surface area contributed by atoms with Crippen molar-refractivity contribution in [2.24, 2.45) is 0 Å². The zero-order valence-corrected chi connectivity index (χ0v) is 16.8. The quantitative estimate of drug-likeness (QED) is 0.375. The highest BCUT2D eigenvalue weighted by atomic mass is 16.4. The number of aryl methyl sites for hydroxylation is 1. The minimum Gasteiger partial charge on any atom is -0.422 e. The van der Waals surface area contributed by atoms with Crippen molar-refractivity contribution >= 4 is 33.3 Å². The number of rotatable bonds is 2. The van der Waals surface area contributed by atoms with E-state index in [1.807, 2.05) is 42.5 Å². The molecule has 0 bridgehead atoms. The Morgan fingerprint density at radius 2 is 1.60 bits per heavy atom. The lowest BCUT2D eigenvalue weighted by Gasteiger charge is -2.36. The van der Waals surface area contributed by atoms with Crippen LogP contribution >= 0.6 is 0 Å². The van der Waals surface area contributed by atoms with Gasteiger partial charge in [0, 0.05) is 37.3 Å². The van der Waals surface area contributed by atoms with E-state index in [4.69, 9.17) is 4.42 Å². The molecular weight excluding hydrogens is 376 g/mol. The zero-order valence-electron chi connectivity index (χ0n) is 16.8. The standard InChI is InChI=1S/C25H22N2O3/c1-17-6-2-5-9-22(17)26-12-14-27(15-13-26)24(28)21-16-20-19-8-4-3-7-18(19)10-11-23(20)30-25(21)29/h2-11,16H,12-15H2,1H3. The van der Waals surface area contributed by atoms with Crippen LogP contribution in [-0.4, -0.2) is 37.0 Å². The predicted molar refractivity (Wildman–Crippen MR) is 119 cm³/mol. The number of fused-ring (bicyclic) bond motifs is 3. The smallest absolute Gasteiger partial charge is 0.349 e. The van der Waals surface area contributed by atoms with Gasteiger partial charge in [-0.15, -0.1) is 0 Å². The lowest BCUT2D eigenvalue weighted by molar-refractivity contribution is 0.0742. The van der Waals surface area contributed by atoms with Gasteiger partial charge in [-0.25, -0.2) is 4.79 Å². The molecule has 3 aromatic carbocycles. The number of para-hydroxylation sites is 1. The van der Waals surface area contributed by atoms with E-state index in [2.05, 4.69) is 24.0 Å². The minimum atomic E-state index is -0.580. The second-order valence-corrected chi connectivity index (χ2v) is 7.71. The maximum atomic E-state index is 13.2. The Hall–Kier alpha value is -3.60. The lowest BCUT2D eigenvalue weighted by Crippen LogP contribution is -2.49. The fraction of sp³-hybridized carbons (Fsp3) is 0.200. The Morgan fingerprint density at radius 1 is 0.867 bits per heavy atom. The molecule has 30 heavy (non-hydrogen) atoms. The second kappa shape index (κ2) is 7.34. The molecule has 0 atom stereocenters. The van der Waals surface area contributed by atoms with Crippen LogP contribution < -0.4 is 10.5 Å². The summed E-state index contributed by atoms with van der Waals surface area (Å²) in [4.78, 5) is 29.8. The number of piperazine rings is 1. The van der Waals surface area contributed by atoms with Crippen LogP contribution in [0.3, 0.4) is 0 Å². The van der Waals surface area contributed by atoms with E-state index < -0.39 is 5.63 Å². The lowest BCUT2D eigenvalue weighted by atomic mass is 10.0. The first-order valence-electron chi connectivity index (χ1n) is 10.2. The molecular formula is C25H22N2O3. The highest BCUT2D eigenvalue weighted by Crippen LogP contribution is 2.26. The molecule has 0 N–H and O–H groups in total. The molecule has 5 heteroatoms. The van der Waals surface area contributed by atoms with Crippen molar-refractivity contribution in [1.29, 1.82) is 0 Å². The molecule has 1 aliphatic rings. The van der Waals surface area contributed by atoms with Crippen molar-refractivity contribution in [2.45, 2.75) is 6.92 Å². The van der Waals surface area contributed by atoms with Crippen LogP contribution in [0, 0.1) is 6.92 Å². The molecule has 1 fully saturated rings. The fourth-order valence-electron chi connectivity index (χ4n) is 4.26. The van der Waals surface area contributed by atoms with Gasteiger partial charge < -0.3 is 14.2 Å². The van der Waals surface area contributed by atoms with Crippen LogP contribution in [0.5, 0.6) is 0 Å². The van der Waals surface area contributed by atoms with Crippen LogP contribution in [0.4, 0.5) is 5.69 Å². The monoisotopic (exact) mass is 398 g/mol. The molecule has 5 rings (SSSR count). The van der Waals surface area contributed by atoms with E-state index in [1.165, 1.54) is 11.3 Å². The van der Waals surface area contributed by atoms with Gasteiger partial charge in [-0.1, -0.05) is 48.5 Å². The topological polar surface area (TPSA) is 53.8 Å². The van der Waals surface area contributed by atoms with E-state index in [9.17, 15) is 9.59 Å². The second-order valence-electron chi connectivity index (χ2n) is 7.71. The van der Waals surface area contributed by atoms with Gasteiger partial charge in [0.1, 0.15) is 11.1 Å². The fourth-order valence-corrected chi connectivity index (χ4v) is 4.26. The maximum absolute atomic E-state index is 13.2. The SMILES string of the molecule is Cc1ccccc1N1CCN(C(=O)c2cc3c(ccc4ccccc43)oc2=O)CC1. The van der Waals surface area contributed by atoms with Gasteiger partial charge in [0.05, 0.1) is 0 Å². The molecule has 5 nitrogen and oxygen atoms in total. The highest BCUT2D eigenvalue weighted by molar-refractivity contribution is 6.07. The van der Waals surface area contributed by atoms with E-state index in [0.29, 0.717) is 18.7 Å². The molecule has 1 saturated heterocycles. The number of anilines is 1. The molecule has 0 spiro atoms. The van der Waals surface area contributed by atoms with Crippen LogP contribution in [0.2, 0.25) is 0 Å². The summed E-state index contributed by atoms with van der Waals surface area (Å²) in [5, 5.41) is 2.80. The van der Waals surface area contributed by atoms with Crippen molar-refractivity contribution in [2.75, 3.05) is 31.1 Å². The van der Waals surface area contributed by atoms with E-state index in [1.54, 1.807) is 17.0 Å². The van der Waals surface area contributed by atoms with Gasteiger partial charge in [0.2, 0.25) is 0 Å². The first kappa shape index (κ1) is 18.4. The normalized spacial score (nSPS) is 14.4. The molecule has 1 aliphatic heterocycles. The van der Waals surface area contributed by atoms with Crippen molar-refractivity contribution in [3.63, 3.8) is 0 Å². The molecule has 0 radical (unpaired) electrons. The van der Waals surface area contributed by atoms with Gasteiger partial charge in [-0.2, -0.15) is 0 Å². The number of carbonyl (C=O) groups is 1. The Bertz CT molecular complexity index is 1320. The van der Waals surface area contributed by atoms with E-state index >= 15 is 0 Å². The number of carbonyl (C=O) groups excluding carboxylic acids is 1. The van der Waals surface area contributed by atoms with E-state index in [0.717, 1.165) is 29.2 Å². The first-order chi connectivity index (χ1) is 14.6. The summed E-state index contributed by atoms with van der Waals surface area (Å²) in [6, 6.07) is 21.6. The Balaban J connectivity index is 1.44. The Labute approximate surface area is 174 Å². The van der Waals surface area contributed by atoms with E-state index in [-0.39, 0.29) is 11.5 Å². The first-order valence-corrected chi connectivity index (χ1v) is 10.2. The zero-order chi connectivity index (χ0) is 20.7. The maximum Gasteiger partial charge on any atom is 0.349 e. The Kier molecular flexibility index (Phi) is 4.51.